The Hall–Kier alpha value is -0.750. The first kappa shape index (κ1) is 10.2. The molecule has 0 saturated heterocycles. The van der Waals surface area contributed by atoms with E-state index in [1.807, 2.05) is 0 Å². The van der Waals surface area contributed by atoms with Crippen LogP contribution in [0.25, 0.3) is 0 Å². The lowest BCUT2D eigenvalue weighted by Gasteiger charge is -1.93. The Labute approximate surface area is 62.7 Å². The van der Waals surface area contributed by atoms with Crippen LogP contribution in [0.4, 0.5) is 0 Å². The fraction of sp³-hybridized carbons (Fsp3) is 0.333. The fourth-order valence-electron chi connectivity index (χ4n) is 0.268. The highest BCUT2D eigenvalue weighted by atomic mass is 31.2. The van der Waals surface area contributed by atoms with Crippen molar-refractivity contribution in [2.24, 2.45) is 9.98 Å². The zero-order valence-electron chi connectivity index (χ0n) is 5.45. The summed E-state index contributed by atoms with van der Waals surface area (Å²) in [5.74, 6) is 0. The highest BCUT2D eigenvalue weighted by Crippen LogP contribution is 2.25. The maximum Gasteiger partial charge on any atom is 0.466 e. The van der Waals surface area contributed by atoms with E-state index in [9.17, 15) is 0 Å². The van der Waals surface area contributed by atoms with E-state index >= 15 is 0 Å². The van der Waals surface area contributed by atoms with Gasteiger partial charge in [-0.25, -0.2) is 9.56 Å². The van der Waals surface area contributed by atoms with E-state index in [1.165, 1.54) is 6.34 Å². The number of hydrogen-bond donors (Lipinski definition) is 4. The second-order valence-corrected chi connectivity index (χ2v) is 2.48. The first-order valence-corrected chi connectivity index (χ1v) is 4.08. The van der Waals surface area contributed by atoms with Crippen molar-refractivity contribution in [3.05, 3.63) is 0 Å². The molecule has 0 aromatic rings. The molecule has 0 radical (unpaired) electrons. The third kappa shape index (κ3) is 17.6. The van der Waals surface area contributed by atoms with E-state index < -0.39 is 7.82 Å². The minimum absolute atomic E-state index is 0.670. The third-order valence-electron chi connectivity index (χ3n) is 0.497. The lowest BCUT2D eigenvalue weighted by Crippen LogP contribution is -2.13. The van der Waals surface area contributed by atoms with Crippen molar-refractivity contribution in [2.75, 3.05) is 6.67 Å². The van der Waals surface area contributed by atoms with Crippen LogP contribution in [0.3, 0.4) is 0 Å². The Balaban J connectivity index is 0.000000187. The SMILES string of the molecule is C1=NC=NCN1.O=P(O)(O)O. The summed E-state index contributed by atoms with van der Waals surface area (Å²) < 4.78 is 8.88. The van der Waals surface area contributed by atoms with Gasteiger partial charge in [-0.3, -0.25) is 4.99 Å². The van der Waals surface area contributed by atoms with Gasteiger partial charge in [-0.05, 0) is 0 Å². The Morgan fingerprint density at radius 2 is 2.00 bits per heavy atom. The molecule has 4 N–H and O–H groups in total. The van der Waals surface area contributed by atoms with E-state index in [2.05, 4.69) is 15.3 Å². The average molecular weight is 181 g/mol. The highest BCUT2D eigenvalue weighted by molar-refractivity contribution is 7.45. The predicted molar refractivity (Wildman–Crippen MR) is 39.2 cm³/mol. The van der Waals surface area contributed by atoms with Crippen molar-refractivity contribution in [2.45, 2.75) is 0 Å². The van der Waals surface area contributed by atoms with Crippen LogP contribution in [0.2, 0.25) is 0 Å². The van der Waals surface area contributed by atoms with Crippen LogP contribution in [-0.4, -0.2) is 34.0 Å². The number of nitrogens with one attached hydrogen (secondary N) is 1. The van der Waals surface area contributed by atoms with E-state index in [4.69, 9.17) is 19.2 Å². The molecule has 0 atom stereocenters. The second kappa shape index (κ2) is 4.97. The fourth-order valence-corrected chi connectivity index (χ4v) is 0.268. The first-order chi connectivity index (χ1) is 5.00. The predicted octanol–water partition coefficient (Wildman–Crippen LogP) is -1.32. The zero-order valence-corrected chi connectivity index (χ0v) is 6.35. The molecule has 11 heavy (non-hydrogen) atoms. The van der Waals surface area contributed by atoms with Crippen molar-refractivity contribution in [3.63, 3.8) is 0 Å². The van der Waals surface area contributed by atoms with Crippen LogP contribution in [0.1, 0.15) is 0 Å². The zero-order chi connectivity index (χ0) is 8.74. The lowest BCUT2D eigenvalue weighted by atomic mass is 10.9. The van der Waals surface area contributed by atoms with Crippen molar-refractivity contribution < 1.29 is 19.2 Å². The van der Waals surface area contributed by atoms with Crippen LogP contribution < -0.4 is 5.32 Å². The van der Waals surface area contributed by atoms with Gasteiger partial charge in [0.15, 0.2) is 0 Å². The Kier molecular flexibility index (Phi) is 4.64. The van der Waals surface area contributed by atoms with Gasteiger partial charge in [0.1, 0.15) is 13.0 Å². The monoisotopic (exact) mass is 181 g/mol. The summed E-state index contributed by atoms with van der Waals surface area (Å²) in [6.45, 7) is 0.670. The van der Waals surface area contributed by atoms with Gasteiger partial charge in [0, 0.05) is 0 Å². The van der Waals surface area contributed by atoms with Gasteiger partial charge in [0.25, 0.3) is 0 Å². The number of nitrogens with zero attached hydrogens (tertiary/aromatic N) is 2. The summed E-state index contributed by atoms with van der Waals surface area (Å²) in [6.07, 6.45) is 3.14. The largest absolute Gasteiger partial charge is 0.466 e. The molecule has 7 nitrogen and oxygen atoms in total. The smallest absolute Gasteiger partial charge is 0.357 e. The average Bonchev–Trinajstić information content (AvgIpc) is 1.88. The summed E-state index contributed by atoms with van der Waals surface area (Å²) in [5.41, 5.74) is 0. The minimum atomic E-state index is -4.64. The molecule has 64 valence electrons. The topological polar surface area (TPSA) is 115 Å². The number of hydrogen-bond acceptors (Lipinski definition) is 4. The number of rotatable bonds is 0. The van der Waals surface area contributed by atoms with Gasteiger partial charge in [-0.1, -0.05) is 0 Å². The number of aliphatic imine (C=N–C) groups is 2. The number of phosphoric acid groups is 1. The highest BCUT2D eigenvalue weighted by Gasteiger charge is 2.00. The van der Waals surface area contributed by atoms with Crippen LogP contribution in [0.5, 0.6) is 0 Å². The summed E-state index contributed by atoms with van der Waals surface area (Å²) in [4.78, 5) is 29.0. The maximum absolute atomic E-state index is 8.88. The van der Waals surface area contributed by atoms with E-state index in [0.29, 0.717) is 6.67 Å². The molecular weight excluding hydrogens is 173 g/mol. The normalized spacial score (nSPS) is 14.8. The van der Waals surface area contributed by atoms with Gasteiger partial charge in [-0.15, -0.1) is 0 Å². The van der Waals surface area contributed by atoms with Crippen LogP contribution in [0, 0.1) is 0 Å². The van der Waals surface area contributed by atoms with E-state index in [1.54, 1.807) is 6.34 Å². The van der Waals surface area contributed by atoms with Crippen molar-refractivity contribution in [3.8, 4) is 0 Å². The van der Waals surface area contributed by atoms with Gasteiger partial charge in [0.05, 0.1) is 6.34 Å². The minimum Gasteiger partial charge on any atom is -0.357 e. The molecule has 0 bridgehead atoms. The summed E-state index contributed by atoms with van der Waals surface area (Å²) in [5, 5.41) is 2.80. The summed E-state index contributed by atoms with van der Waals surface area (Å²) in [7, 11) is -4.64. The molecule has 1 aliphatic rings. The van der Waals surface area contributed by atoms with Crippen molar-refractivity contribution >= 4 is 20.5 Å². The Morgan fingerprint density at radius 3 is 2.09 bits per heavy atom. The van der Waals surface area contributed by atoms with Gasteiger partial charge < -0.3 is 20.0 Å². The molecule has 0 fully saturated rings. The first-order valence-electron chi connectivity index (χ1n) is 2.52. The maximum atomic E-state index is 8.88. The van der Waals surface area contributed by atoms with Crippen molar-refractivity contribution in [1.29, 1.82) is 0 Å². The summed E-state index contributed by atoms with van der Waals surface area (Å²) >= 11 is 0. The van der Waals surface area contributed by atoms with Crippen LogP contribution in [0.15, 0.2) is 9.98 Å². The molecular formula is C3H8N3O4P. The standard InChI is InChI=1S/C3H5N3.H3O4P/c1-4-2-6-3-5-1;1-5(2,3)4/h1-2H,3H2,(H,4,5,6);(H3,1,2,3,4). The molecule has 0 aromatic carbocycles. The molecule has 8 heteroatoms. The second-order valence-electron chi connectivity index (χ2n) is 1.45. The van der Waals surface area contributed by atoms with Gasteiger partial charge in [0.2, 0.25) is 0 Å². The van der Waals surface area contributed by atoms with Crippen LogP contribution in [-0.2, 0) is 4.57 Å². The Bertz CT molecular complexity index is 176. The van der Waals surface area contributed by atoms with Crippen LogP contribution >= 0.6 is 7.82 Å². The lowest BCUT2D eigenvalue weighted by molar-refractivity contribution is 0.275. The molecule has 0 saturated carbocycles. The molecule has 0 spiro atoms. The molecule has 0 amide bonds. The molecule has 0 aromatic heterocycles. The van der Waals surface area contributed by atoms with Crippen molar-refractivity contribution in [1.82, 2.24) is 5.32 Å². The third-order valence-corrected chi connectivity index (χ3v) is 0.497. The van der Waals surface area contributed by atoms with Gasteiger partial charge in [-0.2, -0.15) is 0 Å². The molecule has 1 rings (SSSR count). The molecule has 0 aliphatic carbocycles. The summed E-state index contributed by atoms with van der Waals surface area (Å²) in [6, 6.07) is 0. The quantitative estimate of drug-likeness (QED) is 0.346. The van der Waals surface area contributed by atoms with Gasteiger partial charge >= 0.3 is 7.82 Å². The molecule has 1 heterocycles. The van der Waals surface area contributed by atoms with E-state index in [-0.39, 0.29) is 0 Å². The van der Waals surface area contributed by atoms with E-state index in [0.717, 1.165) is 0 Å². The molecule has 1 aliphatic heterocycles. The molecule has 0 unspecified atom stereocenters. The Morgan fingerprint density at radius 1 is 1.45 bits per heavy atom.